The van der Waals surface area contributed by atoms with Gasteiger partial charge in [0.05, 0.1) is 12.2 Å². The summed E-state index contributed by atoms with van der Waals surface area (Å²) in [5.41, 5.74) is 0.602. The number of halogens is 2. The van der Waals surface area contributed by atoms with E-state index in [0.29, 0.717) is 12.0 Å². The topological polar surface area (TPSA) is 29.5 Å². The molecule has 0 bridgehead atoms. The number of carbonyl (C=O) groups excluding carboxylic acids is 1. The normalized spacial score (nSPS) is 17.1. The third-order valence-corrected chi connectivity index (χ3v) is 4.22. The fourth-order valence-corrected chi connectivity index (χ4v) is 2.70. The van der Waals surface area contributed by atoms with Crippen LogP contribution in [0.15, 0.2) is 24.3 Å². The molecule has 1 saturated heterocycles. The van der Waals surface area contributed by atoms with E-state index in [1.54, 1.807) is 12.1 Å². The largest absolute Gasteiger partial charge is 0.459 e. The first kappa shape index (κ1) is 15.7. The fraction of sp³-hybridized carbons (Fsp3) is 0.533. The van der Waals surface area contributed by atoms with Crippen LogP contribution in [0, 0.1) is 3.57 Å². The van der Waals surface area contributed by atoms with Crippen molar-refractivity contribution in [1.82, 2.24) is 4.90 Å². The van der Waals surface area contributed by atoms with Crippen molar-refractivity contribution < 1.29 is 13.9 Å². The van der Waals surface area contributed by atoms with Gasteiger partial charge in [0.2, 0.25) is 0 Å². The molecule has 0 N–H and O–H groups in total. The van der Waals surface area contributed by atoms with E-state index in [0.717, 1.165) is 36.0 Å². The van der Waals surface area contributed by atoms with Crippen molar-refractivity contribution in [1.29, 1.82) is 0 Å². The van der Waals surface area contributed by atoms with Crippen LogP contribution in [0.1, 0.15) is 29.6 Å². The van der Waals surface area contributed by atoms with Gasteiger partial charge in [-0.3, -0.25) is 4.39 Å². The number of nitrogens with zero attached hydrogens (tertiary/aromatic N) is 1. The van der Waals surface area contributed by atoms with Crippen LogP contribution >= 0.6 is 22.6 Å². The third kappa shape index (κ3) is 4.70. The van der Waals surface area contributed by atoms with E-state index >= 15 is 0 Å². The monoisotopic (exact) mass is 391 g/mol. The molecule has 3 nitrogen and oxygen atoms in total. The number of alkyl halides is 1. The summed E-state index contributed by atoms with van der Waals surface area (Å²) < 4.78 is 18.7. The quantitative estimate of drug-likeness (QED) is 0.570. The van der Waals surface area contributed by atoms with Gasteiger partial charge in [-0.05, 0) is 66.1 Å². The molecule has 1 heterocycles. The molecule has 1 aromatic rings. The number of carbonyl (C=O) groups is 1. The zero-order valence-electron chi connectivity index (χ0n) is 11.4. The lowest BCUT2D eigenvalue weighted by Crippen LogP contribution is -2.38. The molecule has 1 aliphatic heterocycles. The Kier molecular flexibility index (Phi) is 6.22. The Hall–Kier alpha value is -0.690. The Morgan fingerprint density at radius 3 is 2.55 bits per heavy atom. The van der Waals surface area contributed by atoms with E-state index in [2.05, 4.69) is 27.5 Å². The highest BCUT2D eigenvalue weighted by Gasteiger charge is 2.22. The number of hydrogen-bond acceptors (Lipinski definition) is 3. The highest BCUT2D eigenvalue weighted by molar-refractivity contribution is 14.1. The molecule has 0 unspecified atom stereocenters. The van der Waals surface area contributed by atoms with Gasteiger partial charge >= 0.3 is 5.97 Å². The molecular formula is C15H19FINO2. The second kappa shape index (κ2) is 7.93. The standard InChI is InChI=1S/C15H19FINO2/c16-8-1-9-18-10-6-14(7-11-18)20-15(19)12-2-4-13(17)5-3-12/h2-5,14H,1,6-11H2. The zero-order chi connectivity index (χ0) is 14.4. The van der Waals surface area contributed by atoms with Crippen LogP contribution in [-0.4, -0.2) is 43.3 Å². The van der Waals surface area contributed by atoms with Gasteiger partial charge in [0.25, 0.3) is 0 Å². The fourth-order valence-electron chi connectivity index (χ4n) is 2.34. The van der Waals surface area contributed by atoms with Crippen LogP contribution in [-0.2, 0) is 4.74 Å². The minimum absolute atomic E-state index is 0.0107. The summed E-state index contributed by atoms with van der Waals surface area (Å²) in [6, 6.07) is 7.38. The first-order chi connectivity index (χ1) is 9.69. The summed E-state index contributed by atoms with van der Waals surface area (Å²) in [6.45, 7) is 2.30. The van der Waals surface area contributed by atoms with Crippen molar-refractivity contribution in [2.24, 2.45) is 0 Å². The smallest absolute Gasteiger partial charge is 0.338 e. The molecule has 0 radical (unpaired) electrons. The van der Waals surface area contributed by atoms with Gasteiger partial charge in [-0.2, -0.15) is 0 Å². The van der Waals surface area contributed by atoms with Crippen molar-refractivity contribution in [3.05, 3.63) is 33.4 Å². The van der Waals surface area contributed by atoms with Gasteiger partial charge in [0.15, 0.2) is 0 Å². The molecule has 0 saturated carbocycles. The molecule has 110 valence electrons. The van der Waals surface area contributed by atoms with Crippen molar-refractivity contribution in [3.8, 4) is 0 Å². The lowest BCUT2D eigenvalue weighted by Gasteiger charge is -2.31. The SMILES string of the molecule is O=C(OC1CCN(CCCF)CC1)c1ccc(I)cc1. The Bertz CT molecular complexity index is 430. The molecular weight excluding hydrogens is 372 g/mol. The molecule has 20 heavy (non-hydrogen) atoms. The Labute approximate surface area is 132 Å². The highest BCUT2D eigenvalue weighted by Crippen LogP contribution is 2.16. The molecule has 0 spiro atoms. The molecule has 0 aromatic heterocycles. The Balaban J connectivity index is 1.77. The first-order valence-corrected chi connectivity index (χ1v) is 8.02. The summed E-state index contributed by atoms with van der Waals surface area (Å²) in [4.78, 5) is 14.2. The summed E-state index contributed by atoms with van der Waals surface area (Å²) >= 11 is 2.20. The van der Waals surface area contributed by atoms with Crippen molar-refractivity contribution in [2.45, 2.75) is 25.4 Å². The van der Waals surface area contributed by atoms with Crippen molar-refractivity contribution in [2.75, 3.05) is 26.3 Å². The summed E-state index contributed by atoms with van der Waals surface area (Å²) in [6.07, 6.45) is 2.25. The molecule has 1 aliphatic rings. The molecule has 2 rings (SSSR count). The molecule has 0 amide bonds. The van der Waals surface area contributed by atoms with Gasteiger partial charge in [-0.15, -0.1) is 0 Å². The highest BCUT2D eigenvalue weighted by atomic mass is 127. The van der Waals surface area contributed by atoms with E-state index < -0.39 is 0 Å². The van der Waals surface area contributed by atoms with Gasteiger partial charge in [-0.1, -0.05) is 0 Å². The van der Waals surface area contributed by atoms with Gasteiger partial charge < -0.3 is 9.64 Å². The number of esters is 1. The molecule has 0 atom stereocenters. The lowest BCUT2D eigenvalue weighted by molar-refractivity contribution is 0.0111. The zero-order valence-corrected chi connectivity index (χ0v) is 13.5. The predicted molar refractivity (Wildman–Crippen MR) is 84.6 cm³/mol. The average molecular weight is 391 g/mol. The van der Waals surface area contributed by atoms with Crippen LogP contribution in [0.25, 0.3) is 0 Å². The molecule has 0 aliphatic carbocycles. The first-order valence-electron chi connectivity index (χ1n) is 6.94. The summed E-state index contributed by atoms with van der Waals surface area (Å²) in [5, 5.41) is 0. The minimum Gasteiger partial charge on any atom is -0.459 e. The number of likely N-dealkylation sites (tertiary alicyclic amines) is 1. The van der Waals surface area contributed by atoms with Crippen LogP contribution in [0.2, 0.25) is 0 Å². The van der Waals surface area contributed by atoms with Gasteiger partial charge in [-0.25, -0.2) is 4.79 Å². The average Bonchev–Trinajstić information content (AvgIpc) is 2.47. The molecule has 1 aromatic carbocycles. The minimum atomic E-state index is -0.262. The maximum atomic E-state index is 12.1. The van der Waals surface area contributed by atoms with Crippen LogP contribution in [0.3, 0.4) is 0 Å². The van der Waals surface area contributed by atoms with Crippen LogP contribution in [0.5, 0.6) is 0 Å². The number of hydrogen-bond donors (Lipinski definition) is 0. The number of rotatable bonds is 5. The maximum Gasteiger partial charge on any atom is 0.338 e. The second-order valence-corrected chi connectivity index (χ2v) is 6.24. The van der Waals surface area contributed by atoms with E-state index in [-0.39, 0.29) is 18.7 Å². The number of piperidine rings is 1. The van der Waals surface area contributed by atoms with Crippen LogP contribution in [0.4, 0.5) is 4.39 Å². The number of benzene rings is 1. The molecule has 5 heteroatoms. The second-order valence-electron chi connectivity index (χ2n) is 5.00. The van der Waals surface area contributed by atoms with Crippen molar-refractivity contribution >= 4 is 28.6 Å². The van der Waals surface area contributed by atoms with E-state index in [1.165, 1.54) is 0 Å². The summed E-state index contributed by atoms with van der Waals surface area (Å²) in [5.74, 6) is -0.247. The van der Waals surface area contributed by atoms with Crippen LogP contribution < -0.4 is 0 Å². The van der Waals surface area contributed by atoms with Gasteiger partial charge in [0.1, 0.15) is 6.10 Å². The Morgan fingerprint density at radius 2 is 1.95 bits per heavy atom. The predicted octanol–water partition coefficient (Wildman–Crippen LogP) is 3.27. The van der Waals surface area contributed by atoms with E-state index in [4.69, 9.17) is 4.74 Å². The molecule has 1 fully saturated rings. The number of ether oxygens (including phenoxy) is 1. The lowest BCUT2D eigenvalue weighted by atomic mass is 10.1. The van der Waals surface area contributed by atoms with E-state index in [1.807, 2.05) is 12.1 Å². The maximum absolute atomic E-state index is 12.1. The summed E-state index contributed by atoms with van der Waals surface area (Å²) in [7, 11) is 0. The van der Waals surface area contributed by atoms with Gasteiger partial charge in [0, 0.05) is 23.2 Å². The van der Waals surface area contributed by atoms with E-state index in [9.17, 15) is 9.18 Å². The van der Waals surface area contributed by atoms with Crippen molar-refractivity contribution in [3.63, 3.8) is 0 Å². The third-order valence-electron chi connectivity index (χ3n) is 3.50. The Morgan fingerprint density at radius 1 is 1.30 bits per heavy atom.